The minimum atomic E-state index is -4.95. The topological polar surface area (TPSA) is 120 Å². The molecule has 4 rings (SSSR count). The summed E-state index contributed by atoms with van der Waals surface area (Å²) in [5, 5.41) is 3.10. The molecule has 1 aliphatic heterocycles. The molecule has 200 valence electrons. The number of fused-ring (bicyclic) bond motifs is 1. The molecule has 0 aliphatic carbocycles. The van der Waals surface area contributed by atoms with Crippen molar-refractivity contribution in [3.63, 3.8) is 0 Å². The van der Waals surface area contributed by atoms with Crippen LogP contribution in [0.2, 0.25) is 0 Å². The second-order valence-corrected chi connectivity index (χ2v) is 11.2. The van der Waals surface area contributed by atoms with Crippen molar-refractivity contribution in [3.05, 3.63) is 57.4 Å². The van der Waals surface area contributed by atoms with Crippen molar-refractivity contribution in [2.75, 3.05) is 37.7 Å². The largest absolute Gasteiger partial charge is 0.573 e. The fourth-order valence-electron chi connectivity index (χ4n) is 4.42. The van der Waals surface area contributed by atoms with Gasteiger partial charge < -0.3 is 15.8 Å². The first-order valence-electron chi connectivity index (χ1n) is 11.7. The molecule has 0 bridgehead atoms. The molecule has 0 amide bonds. The molecule has 2 heterocycles. The van der Waals surface area contributed by atoms with E-state index in [9.17, 15) is 26.4 Å². The molecule has 0 atom stereocenters. The van der Waals surface area contributed by atoms with Crippen molar-refractivity contribution in [2.45, 2.75) is 38.2 Å². The van der Waals surface area contributed by atoms with Crippen LogP contribution in [0.3, 0.4) is 0 Å². The molecule has 9 nitrogen and oxygen atoms in total. The van der Waals surface area contributed by atoms with Crippen molar-refractivity contribution in [2.24, 2.45) is 0 Å². The number of ether oxygens (including phenoxy) is 1. The predicted octanol–water partition coefficient (Wildman–Crippen LogP) is 2.43. The smallest absolute Gasteiger partial charge is 0.406 e. The molecule has 0 unspecified atom stereocenters. The molecule has 37 heavy (non-hydrogen) atoms. The SMILES string of the molecule is CCS(=O)(=O)c1ccc(C)cc1Cn1c(N)nc2c(CN3CCNCC3)cc(OC(F)(F)F)cc2c1=O. The number of nitrogen functional groups attached to an aromatic ring is 1. The normalized spacial score (nSPS) is 15.3. The molecule has 1 saturated heterocycles. The number of anilines is 1. The lowest BCUT2D eigenvalue weighted by atomic mass is 10.1. The molecule has 1 aliphatic rings. The van der Waals surface area contributed by atoms with Gasteiger partial charge in [0.25, 0.3) is 5.56 Å². The van der Waals surface area contributed by atoms with E-state index < -0.39 is 27.5 Å². The number of hydrogen-bond donors (Lipinski definition) is 2. The van der Waals surface area contributed by atoms with Gasteiger partial charge in [-0.2, -0.15) is 0 Å². The van der Waals surface area contributed by atoms with E-state index in [0.717, 1.165) is 29.3 Å². The van der Waals surface area contributed by atoms with E-state index in [1.165, 1.54) is 19.1 Å². The zero-order chi connectivity index (χ0) is 27.0. The first kappa shape index (κ1) is 26.9. The summed E-state index contributed by atoms with van der Waals surface area (Å²) >= 11 is 0. The third-order valence-electron chi connectivity index (χ3n) is 6.24. The van der Waals surface area contributed by atoms with Gasteiger partial charge in [-0.25, -0.2) is 13.4 Å². The summed E-state index contributed by atoms with van der Waals surface area (Å²) in [6.07, 6.45) is -4.95. The van der Waals surface area contributed by atoms with E-state index in [2.05, 4.69) is 15.0 Å². The van der Waals surface area contributed by atoms with Gasteiger partial charge in [-0.15, -0.1) is 13.2 Å². The zero-order valence-electron chi connectivity index (χ0n) is 20.4. The van der Waals surface area contributed by atoms with Crippen LogP contribution in [-0.2, 0) is 22.9 Å². The number of hydrogen-bond acceptors (Lipinski definition) is 8. The molecule has 1 fully saturated rings. The summed E-state index contributed by atoms with van der Waals surface area (Å²) in [5.74, 6) is -0.855. The number of rotatable bonds is 7. The molecule has 0 saturated carbocycles. The average molecular weight is 540 g/mol. The number of nitrogens with zero attached hydrogens (tertiary/aromatic N) is 3. The summed E-state index contributed by atoms with van der Waals surface area (Å²) in [4.78, 5) is 20.0. The van der Waals surface area contributed by atoms with Gasteiger partial charge in [0.2, 0.25) is 5.95 Å². The van der Waals surface area contributed by atoms with Gasteiger partial charge in [0, 0.05) is 32.7 Å². The summed E-state index contributed by atoms with van der Waals surface area (Å²) < 4.78 is 69.7. The maximum atomic E-state index is 13.6. The van der Waals surface area contributed by atoms with Crippen molar-refractivity contribution < 1.29 is 26.3 Å². The average Bonchev–Trinajstić information content (AvgIpc) is 2.82. The van der Waals surface area contributed by atoms with Gasteiger partial charge in [0.1, 0.15) is 5.75 Å². The maximum Gasteiger partial charge on any atom is 0.573 e. The van der Waals surface area contributed by atoms with Crippen LogP contribution in [0.15, 0.2) is 40.0 Å². The summed E-state index contributed by atoms with van der Waals surface area (Å²) in [7, 11) is -3.62. The van der Waals surface area contributed by atoms with E-state index in [4.69, 9.17) is 5.73 Å². The Morgan fingerprint density at radius 1 is 1.11 bits per heavy atom. The Balaban J connectivity index is 1.87. The number of piperazine rings is 1. The molecule has 3 aromatic rings. The molecule has 2 aromatic carbocycles. The summed E-state index contributed by atoms with van der Waals surface area (Å²) in [6.45, 7) is 6.10. The predicted molar refractivity (Wildman–Crippen MR) is 133 cm³/mol. The molecule has 1 aromatic heterocycles. The standard InChI is InChI=1S/C24H28F3N5O4S/c1-3-37(34,35)20-5-4-15(2)10-16(20)14-32-22(33)19-12-18(36-24(25,26)27)11-17(21(19)30-23(32)28)13-31-8-6-29-7-9-31/h4-5,10-12,29H,3,6-9,13-14H2,1-2H3,(H2,28,30). The molecular formula is C24H28F3N5O4S. The number of nitrogens with two attached hydrogens (primary N) is 1. The van der Waals surface area contributed by atoms with Crippen LogP contribution in [0.1, 0.15) is 23.6 Å². The van der Waals surface area contributed by atoms with Crippen LogP contribution < -0.4 is 21.3 Å². The number of aryl methyl sites for hydroxylation is 1. The Kier molecular flexibility index (Phi) is 7.49. The van der Waals surface area contributed by atoms with Gasteiger partial charge in [0.15, 0.2) is 9.84 Å². The van der Waals surface area contributed by atoms with E-state index in [-0.39, 0.29) is 40.6 Å². The highest BCUT2D eigenvalue weighted by Gasteiger charge is 2.32. The van der Waals surface area contributed by atoms with Crippen LogP contribution in [-0.4, -0.2) is 61.2 Å². The van der Waals surface area contributed by atoms with E-state index in [1.807, 2.05) is 4.90 Å². The first-order valence-corrected chi connectivity index (χ1v) is 13.4. The first-order chi connectivity index (χ1) is 17.4. The lowest BCUT2D eigenvalue weighted by Crippen LogP contribution is -2.43. The van der Waals surface area contributed by atoms with E-state index in [0.29, 0.717) is 24.2 Å². The quantitative estimate of drug-likeness (QED) is 0.470. The Labute approximate surface area is 212 Å². The van der Waals surface area contributed by atoms with Gasteiger partial charge in [0.05, 0.1) is 28.1 Å². The molecule has 3 N–H and O–H groups in total. The third-order valence-corrected chi connectivity index (χ3v) is 8.07. The summed E-state index contributed by atoms with van der Waals surface area (Å²) in [6, 6.07) is 6.98. The number of aromatic nitrogens is 2. The third kappa shape index (κ3) is 6.05. The molecule has 0 radical (unpaired) electrons. The van der Waals surface area contributed by atoms with Crippen molar-refractivity contribution >= 4 is 26.7 Å². The zero-order valence-corrected chi connectivity index (χ0v) is 21.2. The lowest BCUT2D eigenvalue weighted by Gasteiger charge is -2.27. The minimum absolute atomic E-state index is 0.0561. The van der Waals surface area contributed by atoms with Gasteiger partial charge in [-0.05, 0) is 36.2 Å². The number of sulfone groups is 1. The van der Waals surface area contributed by atoms with Crippen molar-refractivity contribution in [1.29, 1.82) is 0 Å². The highest BCUT2D eigenvalue weighted by molar-refractivity contribution is 7.91. The monoisotopic (exact) mass is 539 g/mol. The van der Waals surface area contributed by atoms with Crippen LogP contribution in [0, 0.1) is 6.92 Å². The fraction of sp³-hybridized carbons (Fsp3) is 0.417. The Morgan fingerprint density at radius 3 is 2.46 bits per heavy atom. The fourth-order valence-corrected chi connectivity index (χ4v) is 5.53. The second kappa shape index (κ2) is 10.3. The Hall–Kier alpha value is -3.16. The van der Waals surface area contributed by atoms with Gasteiger partial charge in [-0.1, -0.05) is 24.6 Å². The summed E-state index contributed by atoms with van der Waals surface area (Å²) in [5.41, 5.74) is 7.13. The van der Waals surface area contributed by atoms with E-state index >= 15 is 0 Å². The number of alkyl halides is 3. The Bertz CT molecular complexity index is 1480. The number of benzene rings is 2. The second-order valence-electron chi connectivity index (χ2n) is 8.93. The number of halogens is 3. The highest BCUT2D eigenvalue weighted by atomic mass is 32.2. The van der Waals surface area contributed by atoms with Crippen molar-refractivity contribution in [1.82, 2.24) is 19.8 Å². The molecule has 13 heteroatoms. The molecular weight excluding hydrogens is 511 g/mol. The van der Waals surface area contributed by atoms with Crippen LogP contribution >= 0.6 is 0 Å². The van der Waals surface area contributed by atoms with E-state index in [1.54, 1.807) is 19.1 Å². The minimum Gasteiger partial charge on any atom is -0.406 e. The van der Waals surface area contributed by atoms with Crippen LogP contribution in [0.5, 0.6) is 5.75 Å². The van der Waals surface area contributed by atoms with Crippen LogP contribution in [0.25, 0.3) is 10.9 Å². The number of nitrogens with one attached hydrogen (secondary N) is 1. The van der Waals surface area contributed by atoms with Gasteiger partial charge in [-0.3, -0.25) is 14.3 Å². The van der Waals surface area contributed by atoms with Gasteiger partial charge >= 0.3 is 6.36 Å². The van der Waals surface area contributed by atoms with Crippen molar-refractivity contribution in [3.8, 4) is 5.75 Å². The maximum absolute atomic E-state index is 13.6. The highest BCUT2D eigenvalue weighted by Crippen LogP contribution is 2.29. The van der Waals surface area contributed by atoms with Crippen LogP contribution in [0.4, 0.5) is 19.1 Å². The Morgan fingerprint density at radius 2 is 1.81 bits per heavy atom. The lowest BCUT2D eigenvalue weighted by molar-refractivity contribution is -0.274. The molecule has 0 spiro atoms.